The van der Waals surface area contributed by atoms with E-state index in [2.05, 4.69) is 5.32 Å². The van der Waals surface area contributed by atoms with Crippen molar-refractivity contribution in [2.45, 2.75) is 6.92 Å². The van der Waals surface area contributed by atoms with Crippen molar-refractivity contribution in [2.75, 3.05) is 26.1 Å². The molecule has 0 atom stereocenters. The molecule has 0 aliphatic rings. The van der Waals surface area contributed by atoms with Gasteiger partial charge in [-0.2, -0.15) is 0 Å². The Bertz CT molecular complexity index is 995. The van der Waals surface area contributed by atoms with E-state index in [1.807, 2.05) is 24.3 Å². The summed E-state index contributed by atoms with van der Waals surface area (Å²) in [5.41, 5.74) is 0.756. The standard InChI is InChI=1S/C20H19NO5S/c1-4-26-20(23)17-13-7-5-6-8-16(13)27-19(17)21-18(22)12-9-10-14(24-2)15(11-12)25-3/h5-11H,4H2,1-3H3,(H,21,22). The first-order valence-corrected chi connectivity index (χ1v) is 9.12. The van der Waals surface area contributed by atoms with E-state index in [0.717, 1.165) is 10.1 Å². The molecule has 27 heavy (non-hydrogen) atoms. The number of amides is 1. The number of anilines is 1. The number of thiophene rings is 1. The van der Waals surface area contributed by atoms with Gasteiger partial charge >= 0.3 is 5.97 Å². The van der Waals surface area contributed by atoms with Crippen LogP contribution in [0.5, 0.6) is 11.5 Å². The van der Waals surface area contributed by atoms with Gasteiger partial charge in [-0.1, -0.05) is 18.2 Å². The third-order valence-corrected chi connectivity index (χ3v) is 5.03. The van der Waals surface area contributed by atoms with Gasteiger partial charge < -0.3 is 19.5 Å². The molecule has 1 aromatic heterocycles. The van der Waals surface area contributed by atoms with Crippen LogP contribution in [-0.4, -0.2) is 32.7 Å². The third kappa shape index (κ3) is 3.73. The molecular weight excluding hydrogens is 366 g/mol. The average Bonchev–Trinajstić information content (AvgIpc) is 3.05. The Balaban J connectivity index is 1.97. The molecule has 0 fully saturated rings. The zero-order valence-electron chi connectivity index (χ0n) is 15.2. The number of ether oxygens (including phenoxy) is 3. The van der Waals surface area contributed by atoms with Gasteiger partial charge in [-0.15, -0.1) is 11.3 Å². The number of hydrogen-bond donors (Lipinski definition) is 1. The number of hydrogen-bond acceptors (Lipinski definition) is 6. The Labute approximate surface area is 160 Å². The largest absolute Gasteiger partial charge is 0.493 e. The van der Waals surface area contributed by atoms with Crippen LogP contribution < -0.4 is 14.8 Å². The lowest BCUT2D eigenvalue weighted by Crippen LogP contribution is -2.14. The van der Waals surface area contributed by atoms with Gasteiger partial charge in [-0.25, -0.2) is 4.79 Å². The second-order valence-electron chi connectivity index (χ2n) is 5.55. The first kappa shape index (κ1) is 18.7. The molecule has 0 radical (unpaired) electrons. The van der Waals surface area contributed by atoms with E-state index in [1.54, 1.807) is 25.1 Å². The number of benzene rings is 2. The van der Waals surface area contributed by atoms with Crippen LogP contribution in [-0.2, 0) is 4.74 Å². The molecule has 0 bridgehead atoms. The first-order chi connectivity index (χ1) is 13.1. The van der Waals surface area contributed by atoms with E-state index >= 15 is 0 Å². The fourth-order valence-electron chi connectivity index (χ4n) is 2.69. The highest BCUT2D eigenvalue weighted by Crippen LogP contribution is 2.37. The van der Waals surface area contributed by atoms with Crippen LogP contribution in [0, 0.1) is 0 Å². The van der Waals surface area contributed by atoms with Crippen molar-refractivity contribution in [3.63, 3.8) is 0 Å². The van der Waals surface area contributed by atoms with Crippen LogP contribution >= 0.6 is 11.3 Å². The summed E-state index contributed by atoms with van der Waals surface area (Å²) in [6, 6.07) is 12.3. The van der Waals surface area contributed by atoms with Crippen molar-refractivity contribution in [1.82, 2.24) is 0 Å². The highest BCUT2D eigenvalue weighted by molar-refractivity contribution is 7.23. The van der Waals surface area contributed by atoms with E-state index in [9.17, 15) is 9.59 Å². The van der Waals surface area contributed by atoms with Crippen LogP contribution in [0.4, 0.5) is 5.00 Å². The van der Waals surface area contributed by atoms with Crippen molar-refractivity contribution in [3.8, 4) is 11.5 Å². The van der Waals surface area contributed by atoms with Gasteiger partial charge in [0.25, 0.3) is 5.91 Å². The lowest BCUT2D eigenvalue weighted by molar-refractivity contribution is 0.0530. The summed E-state index contributed by atoms with van der Waals surface area (Å²) >= 11 is 1.33. The topological polar surface area (TPSA) is 73.9 Å². The summed E-state index contributed by atoms with van der Waals surface area (Å²) in [4.78, 5) is 25.2. The minimum Gasteiger partial charge on any atom is -0.493 e. The number of esters is 1. The first-order valence-electron chi connectivity index (χ1n) is 8.31. The normalized spacial score (nSPS) is 10.5. The quantitative estimate of drug-likeness (QED) is 0.639. The molecule has 3 rings (SSSR count). The summed E-state index contributed by atoms with van der Waals surface area (Å²) < 4.78 is 16.5. The molecular formula is C20H19NO5S. The highest BCUT2D eigenvalue weighted by Gasteiger charge is 2.22. The Morgan fingerprint density at radius 1 is 1.04 bits per heavy atom. The molecule has 0 aliphatic heterocycles. The molecule has 0 aliphatic carbocycles. The molecule has 1 heterocycles. The lowest BCUT2D eigenvalue weighted by atomic mass is 10.1. The minimum atomic E-state index is -0.461. The van der Waals surface area contributed by atoms with E-state index < -0.39 is 5.97 Å². The van der Waals surface area contributed by atoms with E-state index in [-0.39, 0.29) is 12.5 Å². The molecule has 1 N–H and O–H groups in total. The Hall–Kier alpha value is -3.06. The van der Waals surface area contributed by atoms with E-state index in [4.69, 9.17) is 14.2 Å². The fourth-order valence-corrected chi connectivity index (χ4v) is 3.78. The van der Waals surface area contributed by atoms with Crippen LogP contribution in [0.15, 0.2) is 42.5 Å². The Kier molecular flexibility index (Phi) is 5.61. The van der Waals surface area contributed by atoms with Crippen LogP contribution in [0.2, 0.25) is 0 Å². The van der Waals surface area contributed by atoms with Crippen molar-refractivity contribution < 1.29 is 23.8 Å². The predicted molar refractivity (Wildman–Crippen MR) is 105 cm³/mol. The zero-order chi connectivity index (χ0) is 19.4. The lowest BCUT2D eigenvalue weighted by Gasteiger charge is -2.10. The number of nitrogens with one attached hydrogen (secondary N) is 1. The third-order valence-electron chi connectivity index (χ3n) is 3.95. The minimum absolute atomic E-state index is 0.256. The maximum absolute atomic E-state index is 12.7. The van der Waals surface area contributed by atoms with Crippen molar-refractivity contribution in [2.24, 2.45) is 0 Å². The summed E-state index contributed by atoms with van der Waals surface area (Å²) in [5.74, 6) is 0.167. The van der Waals surface area contributed by atoms with Gasteiger partial charge in [-0.3, -0.25) is 4.79 Å². The maximum atomic E-state index is 12.7. The maximum Gasteiger partial charge on any atom is 0.341 e. The highest BCUT2D eigenvalue weighted by atomic mass is 32.1. The van der Waals surface area contributed by atoms with Crippen LogP contribution in [0.3, 0.4) is 0 Å². The average molecular weight is 385 g/mol. The molecule has 6 nitrogen and oxygen atoms in total. The number of methoxy groups -OCH3 is 2. The van der Waals surface area contributed by atoms with Gasteiger partial charge in [0.05, 0.1) is 20.8 Å². The predicted octanol–water partition coefficient (Wildman–Crippen LogP) is 4.35. The fraction of sp³-hybridized carbons (Fsp3) is 0.200. The van der Waals surface area contributed by atoms with Crippen molar-refractivity contribution in [1.29, 1.82) is 0 Å². The van der Waals surface area contributed by atoms with Gasteiger partial charge in [0.15, 0.2) is 11.5 Å². The van der Waals surface area contributed by atoms with Crippen molar-refractivity contribution >= 4 is 38.3 Å². The van der Waals surface area contributed by atoms with Crippen molar-refractivity contribution in [3.05, 3.63) is 53.6 Å². The van der Waals surface area contributed by atoms with E-state index in [1.165, 1.54) is 25.6 Å². The molecule has 0 spiro atoms. The summed E-state index contributed by atoms with van der Waals surface area (Å²) in [7, 11) is 3.03. The number of fused-ring (bicyclic) bond motifs is 1. The molecule has 7 heteroatoms. The summed E-state index contributed by atoms with van der Waals surface area (Å²) in [5, 5.41) is 4.03. The van der Waals surface area contributed by atoms with Crippen LogP contribution in [0.1, 0.15) is 27.6 Å². The number of rotatable bonds is 6. The monoisotopic (exact) mass is 385 g/mol. The SMILES string of the molecule is CCOC(=O)c1c(NC(=O)c2ccc(OC)c(OC)c2)sc2ccccc12. The summed E-state index contributed by atoms with van der Waals surface area (Å²) in [6.45, 7) is 2.00. The second-order valence-corrected chi connectivity index (χ2v) is 6.60. The molecule has 140 valence electrons. The molecule has 2 aromatic carbocycles. The molecule has 0 saturated carbocycles. The zero-order valence-corrected chi connectivity index (χ0v) is 16.0. The van der Waals surface area contributed by atoms with Crippen LogP contribution in [0.25, 0.3) is 10.1 Å². The second kappa shape index (κ2) is 8.09. The molecule has 0 saturated heterocycles. The van der Waals surface area contributed by atoms with Gasteiger partial charge in [0.2, 0.25) is 0 Å². The number of carbonyl (C=O) groups is 2. The summed E-state index contributed by atoms with van der Waals surface area (Å²) in [6.07, 6.45) is 0. The van der Waals surface area contributed by atoms with Gasteiger partial charge in [0, 0.05) is 15.6 Å². The van der Waals surface area contributed by atoms with Gasteiger partial charge in [0.1, 0.15) is 10.6 Å². The smallest absolute Gasteiger partial charge is 0.341 e. The number of carbonyl (C=O) groups excluding carboxylic acids is 2. The van der Waals surface area contributed by atoms with Gasteiger partial charge in [-0.05, 0) is 31.2 Å². The molecule has 0 unspecified atom stereocenters. The molecule has 1 amide bonds. The van der Waals surface area contributed by atoms with E-state index in [0.29, 0.717) is 27.6 Å². The molecule has 3 aromatic rings. The Morgan fingerprint density at radius 3 is 2.48 bits per heavy atom. The Morgan fingerprint density at radius 2 is 1.78 bits per heavy atom.